The maximum absolute atomic E-state index is 11.6. The van der Waals surface area contributed by atoms with Gasteiger partial charge in [-0.05, 0) is 69.7 Å². The van der Waals surface area contributed by atoms with Crippen molar-refractivity contribution >= 4 is 28.7 Å². The number of amides is 1. The Morgan fingerprint density at radius 3 is 2.59 bits per heavy atom. The summed E-state index contributed by atoms with van der Waals surface area (Å²) in [4.78, 5) is 16.2. The maximum atomic E-state index is 11.6. The number of benzene rings is 2. The summed E-state index contributed by atoms with van der Waals surface area (Å²) < 4.78 is 28.7. The first-order valence-electron chi connectivity index (χ1n) is 11.7. The van der Waals surface area contributed by atoms with Crippen molar-refractivity contribution < 1.29 is 33.1 Å². The molecule has 0 spiro atoms. The topological polar surface area (TPSA) is 129 Å². The highest BCUT2D eigenvalue weighted by Crippen LogP contribution is 2.37. The third-order valence-electron chi connectivity index (χ3n) is 6.12. The van der Waals surface area contributed by atoms with Gasteiger partial charge in [-0.1, -0.05) is 16.8 Å². The van der Waals surface area contributed by atoms with Gasteiger partial charge in [0.2, 0.25) is 5.82 Å². The molecular weight excluding hydrogens is 502 g/mol. The lowest BCUT2D eigenvalue weighted by Crippen LogP contribution is -2.58. The van der Waals surface area contributed by atoms with Crippen molar-refractivity contribution in [1.29, 1.82) is 0 Å². The van der Waals surface area contributed by atoms with Crippen LogP contribution in [0.15, 0.2) is 45.3 Å². The van der Waals surface area contributed by atoms with Crippen molar-refractivity contribution in [2.24, 2.45) is 0 Å². The molecule has 1 amide bonds. The first-order valence-corrected chi connectivity index (χ1v) is 12.1. The fourth-order valence-electron chi connectivity index (χ4n) is 4.22. The fraction of sp³-hybridized carbons (Fsp3) is 0.346. The van der Waals surface area contributed by atoms with E-state index in [9.17, 15) is 9.90 Å². The molecule has 2 aromatic heterocycles. The summed E-state index contributed by atoms with van der Waals surface area (Å²) in [5, 5.41) is 17.4. The van der Waals surface area contributed by atoms with Gasteiger partial charge in [0.25, 0.3) is 5.89 Å². The SMILES string of the molecule is CCOc1ccc(-c2nc(-c3cc(C)c4oc(C5(NC(=O)O)COC(C)(C)OC5)cc4c3)no2)cc1Cl. The van der Waals surface area contributed by atoms with Gasteiger partial charge in [0, 0.05) is 16.5 Å². The largest absolute Gasteiger partial charge is 0.492 e. The molecule has 3 heterocycles. The van der Waals surface area contributed by atoms with Crippen LogP contribution in [-0.4, -0.2) is 46.9 Å². The molecule has 0 bridgehead atoms. The second-order valence-corrected chi connectivity index (χ2v) is 9.72. The average Bonchev–Trinajstić information content (AvgIpc) is 3.50. The van der Waals surface area contributed by atoms with Crippen LogP contribution in [0.1, 0.15) is 32.1 Å². The molecule has 0 saturated carbocycles. The van der Waals surface area contributed by atoms with Gasteiger partial charge in [0.1, 0.15) is 22.6 Å². The first kappa shape index (κ1) is 25.1. The number of carbonyl (C=O) groups is 1. The standard InChI is InChI=1S/C26H26ClN3O7/c1-5-33-19-7-6-15(10-18(19)27)23-28-22(30-37-23)17-8-14(2)21-16(9-17)11-20(36-21)26(29-24(31)32)12-34-25(3,4)35-13-26/h6-11,29H,5,12-13H2,1-4H3,(H,31,32). The molecule has 1 saturated heterocycles. The number of ether oxygens (including phenoxy) is 3. The van der Waals surface area contributed by atoms with Crippen LogP contribution in [0.4, 0.5) is 4.79 Å². The molecule has 11 heteroatoms. The summed E-state index contributed by atoms with van der Waals surface area (Å²) >= 11 is 6.31. The number of carboxylic acid groups (broad SMARTS) is 1. The molecule has 1 aliphatic heterocycles. The second-order valence-electron chi connectivity index (χ2n) is 9.31. The minimum Gasteiger partial charge on any atom is -0.492 e. The third-order valence-corrected chi connectivity index (χ3v) is 6.41. The number of fused-ring (bicyclic) bond motifs is 1. The van der Waals surface area contributed by atoms with Gasteiger partial charge < -0.3 is 33.6 Å². The zero-order valence-electron chi connectivity index (χ0n) is 20.8. The van der Waals surface area contributed by atoms with Gasteiger partial charge in [-0.3, -0.25) is 0 Å². The Kier molecular flexibility index (Phi) is 6.35. The van der Waals surface area contributed by atoms with Crippen molar-refractivity contribution in [2.75, 3.05) is 19.8 Å². The van der Waals surface area contributed by atoms with E-state index in [0.717, 1.165) is 10.9 Å². The van der Waals surface area contributed by atoms with Gasteiger partial charge in [-0.25, -0.2) is 4.79 Å². The molecule has 194 valence electrons. The smallest absolute Gasteiger partial charge is 0.405 e. The number of nitrogens with one attached hydrogen (secondary N) is 1. The normalized spacial score (nSPS) is 16.6. The zero-order chi connectivity index (χ0) is 26.4. The van der Waals surface area contributed by atoms with Crippen molar-refractivity contribution in [3.05, 3.63) is 52.7 Å². The zero-order valence-corrected chi connectivity index (χ0v) is 21.5. The highest BCUT2D eigenvalue weighted by atomic mass is 35.5. The minimum absolute atomic E-state index is 0.0525. The van der Waals surface area contributed by atoms with E-state index in [-0.39, 0.29) is 13.2 Å². The molecule has 0 radical (unpaired) electrons. The number of hydrogen-bond donors (Lipinski definition) is 2. The number of hydrogen-bond acceptors (Lipinski definition) is 8. The van der Waals surface area contributed by atoms with Crippen LogP contribution in [0.3, 0.4) is 0 Å². The third kappa shape index (κ3) is 4.87. The fourth-order valence-corrected chi connectivity index (χ4v) is 4.45. The highest BCUT2D eigenvalue weighted by Gasteiger charge is 2.45. The number of halogens is 1. The molecule has 1 aliphatic rings. The Morgan fingerprint density at radius 2 is 1.92 bits per heavy atom. The van der Waals surface area contributed by atoms with Crippen molar-refractivity contribution in [3.63, 3.8) is 0 Å². The monoisotopic (exact) mass is 527 g/mol. The van der Waals surface area contributed by atoms with Gasteiger partial charge in [-0.2, -0.15) is 4.98 Å². The molecule has 2 aromatic carbocycles. The molecule has 37 heavy (non-hydrogen) atoms. The van der Waals surface area contributed by atoms with Crippen LogP contribution in [0, 0.1) is 6.92 Å². The number of aromatic nitrogens is 2. The number of nitrogens with zero attached hydrogens (tertiary/aromatic N) is 2. The Bertz CT molecular complexity index is 1470. The van der Waals surface area contributed by atoms with Crippen molar-refractivity contribution in [3.8, 4) is 28.6 Å². The first-order chi connectivity index (χ1) is 17.6. The van der Waals surface area contributed by atoms with Crippen LogP contribution in [0.5, 0.6) is 5.75 Å². The van der Waals surface area contributed by atoms with Gasteiger partial charge in [-0.15, -0.1) is 0 Å². The Labute approximate surface area is 217 Å². The van der Waals surface area contributed by atoms with Gasteiger partial charge in [0.05, 0.1) is 24.8 Å². The van der Waals surface area contributed by atoms with Gasteiger partial charge in [0.15, 0.2) is 5.79 Å². The lowest BCUT2D eigenvalue weighted by molar-refractivity contribution is -0.274. The van der Waals surface area contributed by atoms with E-state index in [1.54, 1.807) is 38.1 Å². The van der Waals surface area contributed by atoms with E-state index in [4.69, 9.17) is 34.8 Å². The van der Waals surface area contributed by atoms with Crippen molar-refractivity contribution in [2.45, 2.75) is 39.0 Å². The lowest BCUT2D eigenvalue weighted by atomic mass is 9.96. The van der Waals surface area contributed by atoms with Crippen LogP contribution >= 0.6 is 11.6 Å². The average molecular weight is 528 g/mol. The number of aryl methyl sites for hydroxylation is 1. The highest BCUT2D eigenvalue weighted by molar-refractivity contribution is 6.32. The van der Waals surface area contributed by atoms with E-state index in [0.29, 0.717) is 51.6 Å². The predicted molar refractivity (Wildman–Crippen MR) is 135 cm³/mol. The quantitative estimate of drug-likeness (QED) is 0.321. The summed E-state index contributed by atoms with van der Waals surface area (Å²) in [6.07, 6.45) is -1.21. The van der Waals surface area contributed by atoms with E-state index < -0.39 is 17.4 Å². The lowest BCUT2D eigenvalue weighted by Gasteiger charge is -2.41. The second kappa shape index (κ2) is 9.37. The molecule has 0 aliphatic carbocycles. The van der Waals surface area contributed by atoms with Crippen LogP contribution < -0.4 is 10.1 Å². The van der Waals surface area contributed by atoms with E-state index in [2.05, 4.69) is 15.5 Å². The molecule has 4 aromatic rings. The molecule has 0 unspecified atom stereocenters. The summed E-state index contributed by atoms with van der Waals surface area (Å²) in [5.74, 6) is 0.838. The Hall–Kier alpha value is -3.60. The van der Waals surface area contributed by atoms with Gasteiger partial charge >= 0.3 is 6.09 Å². The van der Waals surface area contributed by atoms with E-state index in [1.807, 2.05) is 26.0 Å². The molecular formula is C26H26ClN3O7. The van der Waals surface area contributed by atoms with Crippen LogP contribution in [0.2, 0.25) is 5.02 Å². The predicted octanol–water partition coefficient (Wildman–Crippen LogP) is 5.76. The summed E-state index contributed by atoms with van der Waals surface area (Å²) in [6.45, 7) is 7.93. The van der Waals surface area contributed by atoms with E-state index in [1.165, 1.54) is 0 Å². The summed E-state index contributed by atoms with van der Waals surface area (Å²) in [6, 6.07) is 10.8. The van der Waals surface area contributed by atoms with Crippen molar-refractivity contribution in [1.82, 2.24) is 15.5 Å². The Balaban J connectivity index is 1.49. The number of furan rings is 1. The van der Waals surface area contributed by atoms with Crippen LogP contribution in [-0.2, 0) is 15.0 Å². The molecule has 2 N–H and O–H groups in total. The Morgan fingerprint density at radius 1 is 1.16 bits per heavy atom. The molecule has 5 rings (SSSR count). The molecule has 0 atom stereocenters. The van der Waals surface area contributed by atoms with Crippen LogP contribution in [0.25, 0.3) is 33.8 Å². The van der Waals surface area contributed by atoms with E-state index >= 15 is 0 Å². The molecule has 1 fully saturated rings. The molecule has 10 nitrogen and oxygen atoms in total. The minimum atomic E-state index is -1.21. The maximum Gasteiger partial charge on any atom is 0.405 e. The summed E-state index contributed by atoms with van der Waals surface area (Å²) in [7, 11) is 0. The summed E-state index contributed by atoms with van der Waals surface area (Å²) in [5.41, 5.74) is 1.60. The number of rotatable bonds is 6.